The molecule has 0 radical (unpaired) electrons. The average Bonchev–Trinajstić information content (AvgIpc) is 2.83. The monoisotopic (exact) mass is 276 g/mol. The minimum Gasteiger partial charge on any atom is -0.336 e. The highest BCUT2D eigenvalue weighted by Gasteiger charge is 2.21. The van der Waals surface area contributed by atoms with Crippen molar-refractivity contribution in [1.29, 1.82) is 0 Å². The van der Waals surface area contributed by atoms with Crippen LogP contribution in [0.15, 0.2) is 24.3 Å². The highest BCUT2D eigenvalue weighted by molar-refractivity contribution is 5.96. The second kappa shape index (κ2) is 6.38. The number of benzene rings is 1. The van der Waals surface area contributed by atoms with E-state index in [1.54, 1.807) is 17.0 Å². The van der Waals surface area contributed by atoms with Crippen molar-refractivity contribution in [1.82, 2.24) is 5.32 Å². The normalized spacial score (nSPS) is 15.9. The molecule has 0 bridgehead atoms. The molecule has 2 rings (SSSR count). The maximum Gasteiger partial charge on any atom is 0.321 e. The van der Waals surface area contributed by atoms with Crippen LogP contribution in [0.4, 0.5) is 16.2 Å². The standard InChI is InChI=1S/C14H20N4O2/c1-10(15)5-6-13(19)17-11-3-2-4-12(9-11)18-8-7-16-14(18)20/h2-4,9-10H,5-8,15H2,1H3,(H,16,20)(H,17,19). The number of urea groups is 1. The lowest BCUT2D eigenvalue weighted by atomic mass is 10.2. The van der Waals surface area contributed by atoms with Crippen LogP contribution in [0, 0.1) is 0 Å². The molecule has 20 heavy (non-hydrogen) atoms. The second-order valence-corrected chi connectivity index (χ2v) is 5.00. The summed E-state index contributed by atoms with van der Waals surface area (Å²) >= 11 is 0. The van der Waals surface area contributed by atoms with E-state index in [4.69, 9.17) is 5.73 Å². The van der Waals surface area contributed by atoms with Crippen molar-refractivity contribution >= 4 is 23.3 Å². The van der Waals surface area contributed by atoms with Gasteiger partial charge in [0, 0.05) is 36.9 Å². The molecule has 0 aromatic heterocycles. The Morgan fingerprint density at radius 2 is 2.35 bits per heavy atom. The molecule has 0 aliphatic carbocycles. The van der Waals surface area contributed by atoms with Crippen molar-refractivity contribution in [2.75, 3.05) is 23.3 Å². The molecule has 1 saturated heterocycles. The molecular weight excluding hydrogens is 256 g/mol. The van der Waals surface area contributed by atoms with E-state index < -0.39 is 0 Å². The fraction of sp³-hybridized carbons (Fsp3) is 0.429. The first-order valence-electron chi connectivity index (χ1n) is 6.77. The number of hydrogen-bond acceptors (Lipinski definition) is 3. The Hall–Kier alpha value is -2.08. The van der Waals surface area contributed by atoms with E-state index in [9.17, 15) is 9.59 Å². The van der Waals surface area contributed by atoms with Crippen LogP contribution in [0.5, 0.6) is 0 Å². The average molecular weight is 276 g/mol. The molecule has 3 amide bonds. The van der Waals surface area contributed by atoms with Gasteiger partial charge < -0.3 is 16.4 Å². The molecule has 1 unspecified atom stereocenters. The van der Waals surface area contributed by atoms with Gasteiger partial charge in [-0.15, -0.1) is 0 Å². The summed E-state index contributed by atoms with van der Waals surface area (Å²) in [7, 11) is 0. The third kappa shape index (κ3) is 3.71. The Morgan fingerprint density at radius 1 is 1.55 bits per heavy atom. The molecule has 1 atom stereocenters. The smallest absolute Gasteiger partial charge is 0.321 e. The van der Waals surface area contributed by atoms with Crippen LogP contribution in [-0.4, -0.2) is 31.1 Å². The zero-order valence-electron chi connectivity index (χ0n) is 11.6. The molecule has 1 fully saturated rings. The molecule has 1 heterocycles. The van der Waals surface area contributed by atoms with Crippen molar-refractivity contribution in [2.24, 2.45) is 5.73 Å². The fourth-order valence-electron chi connectivity index (χ4n) is 2.05. The fourth-order valence-corrected chi connectivity index (χ4v) is 2.05. The summed E-state index contributed by atoms with van der Waals surface area (Å²) in [6.45, 7) is 3.16. The molecule has 1 aliphatic rings. The van der Waals surface area contributed by atoms with Crippen LogP contribution in [0.3, 0.4) is 0 Å². The van der Waals surface area contributed by atoms with Crippen LogP contribution in [0.1, 0.15) is 19.8 Å². The van der Waals surface area contributed by atoms with Gasteiger partial charge in [0.25, 0.3) is 0 Å². The lowest BCUT2D eigenvalue weighted by Crippen LogP contribution is -2.27. The summed E-state index contributed by atoms with van der Waals surface area (Å²) in [6, 6.07) is 7.19. The van der Waals surface area contributed by atoms with Crippen LogP contribution in [0.2, 0.25) is 0 Å². The van der Waals surface area contributed by atoms with Gasteiger partial charge in [0.1, 0.15) is 0 Å². The summed E-state index contributed by atoms with van der Waals surface area (Å²) in [5.41, 5.74) is 7.10. The Labute approximate surface area is 118 Å². The molecule has 6 heteroatoms. The van der Waals surface area contributed by atoms with Gasteiger partial charge in [-0.3, -0.25) is 9.69 Å². The van der Waals surface area contributed by atoms with E-state index >= 15 is 0 Å². The van der Waals surface area contributed by atoms with Crippen molar-refractivity contribution in [3.63, 3.8) is 0 Å². The summed E-state index contributed by atoms with van der Waals surface area (Å²) < 4.78 is 0. The lowest BCUT2D eigenvalue weighted by molar-refractivity contribution is -0.116. The number of rotatable bonds is 5. The maximum absolute atomic E-state index is 11.8. The van der Waals surface area contributed by atoms with Crippen LogP contribution >= 0.6 is 0 Å². The molecule has 0 saturated carbocycles. The molecule has 1 aromatic rings. The summed E-state index contributed by atoms with van der Waals surface area (Å²) in [5.74, 6) is -0.0645. The number of amides is 3. The van der Waals surface area contributed by atoms with Gasteiger partial charge in [-0.2, -0.15) is 0 Å². The minimum absolute atomic E-state index is 0.0142. The summed E-state index contributed by atoms with van der Waals surface area (Å²) in [6.07, 6.45) is 1.05. The Bertz CT molecular complexity index is 502. The number of nitrogens with one attached hydrogen (secondary N) is 2. The van der Waals surface area contributed by atoms with Gasteiger partial charge in [0.15, 0.2) is 0 Å². The first-order chi connectivity index (χ1) is 9.56. The molecule has 1 aromatic carbocycles. The zero-order chi connectivity index (χ0) is 14.5. The van der Waals surface area contributed by atoms with Crippen molar-refractivity contribution in [3.05, 3.63) is 24.3 Å². The van der Waals surface area contributed by atoms with Gasteiger partial charge >= 0.3 is 6.03 Å². The third-order valence-corrected chi connectivity index (χ3v) is 3.13. The quantitative estimate of drug-likeness (QED) is 0.757. The predicted octanol–water partition coefficient (Wildman–Crippen LogP) is 1.28. The predicted molar refractivity (Wildman–Crippen MR) is 78.7 cm³/mol. The van der Waals surface area contributed by atoms with Gasteiger partial charge in [0.2, 0.25) is 5.91 Å². The van der Waals surface area contributed by atoms with E-state index in [2.05, 4.69) is 10.6 Å². The molecule has 0 spiro atoms. The van der Waals surface area contributed by atoms with E-state index in [1.807, 2.05) is 19.1 Å². The first kappa shape index (κ1) is 14.3. The number of carbonyl (C=O) groups is 2. The molecule has 1 aliphatic heterocycles. The van der Waals surface area contributed by atoms with Crippen molar-refractivity contribution < 1.29 is 9.59 Å². The Balaban J connectivity index is 1.99. The molecule has 6 nitrogen and oxygen atoms in total. The van der Waals surface area contributed by atoms with Gasteiger partial charge in [0.05, 0.1) is 0 Å². The third-order valence-electron chi connectivity index (χ3n) is 3.13. The highest BCUT2D eigenvalue weighted by atomic mass is 16.2. The van der Waals surface area contributed by atoms with E-state index in [0.29, 0.717) is 31.6 Å². The first-order valence-corrected chi connectivity index (χ1v) is 6.77. The van der Waals surface area contributed by atoms with E-state index in [1.165, 1.54) is 0 Å². The maximum atomic E-state index is 11.8. The number of anilines is 2. The Kier molecular flexibility index (Phi) is 4.57. The van der Waals surface area contributed by atoms with Crippen molar-refractivity contribution in [2.45, 2.75) is 25.8 Å². The highest BCUT2D eigenvalue weighted by Crippen LogP contribution is 2.21. The number of hydrogen-bond donors (Lipinski definition) is 3. The van der Waals surface area contributed by atoms with E-state index in [0.717, 1.165) is 5.69 Å². The number of carbonyl (C=O) groups excluding carboxylic acids is 2. The Morgan fingerprint density at radius 3 is 3.00 bits per heavy atom. The SMILES string of the molecule is CC(N)CCC(=O)Nc1cccc(N2CCNC2=O)c1. The summed E-state index contributed by atoms with van der Waals surface area (Å²) in [4.78, 5) is 25.0. The number of nitrogens with zero attached hydrogens (tertiary/aromatic N) is 1. The summed E-state index contributed by atoms with van der Waals surface area (Å²) in [5, 5.41) is 5.57. The molecule has 4 N–H and O–H groups in total. The lowest BCUT2D eigenvalue weighted by Gasteiger charge is -2.15. The second-order valence-electron chi connectivity index (χ2n) is 5.00. The largest absolute Gasteiger partial charge is 0.336 e. The molecule has 108 valence electrons. The van der Waals surface area contributed by atoms with Gasteiger partial charge in [-0.05, 0) is 31.5 Å². The minimum atomic E-state index is -0.106. The van der Waals surface area contributed by atoms with Crippen molar-refractivity contribution in [3.8, 4) is 0 Å². The van der Waals surface area contributed by atoms with Gasteiger partial charge in [-0.1, -0.05) is 6.07 Å². The van der Waals surface area contributed by atoms with E-state index in [-0.39, 0.29) is 18.0 Å². The van der Waals surface area contributed by atoms with Crippen LogP contribution < -0.4 is 21.3 Å². The van der Waals surface area contributed by atoms with Gasteiger partial charge in [-0.25, -0.2) is 4.79 Å². The molecular formula is C14H20N4O2. The van der Waals surface area contributed by atoms with Crippen LogP contribution in [0.25, 0.3) is 0 Å². The zero-order valence-corrected chi connectivity index (χ0v) is 11.6. The van der Waals surface area contributed by atoms with Crippen LogP contribution in [-0.2, 0) is 4.79 Å². The topological polar surface area (TPSA) is 87.5 Å². The number of nitrogens with two attached hydrogens (primary N) is 1.